The van der Waals surface area contributed by atoms with Crippen molar-refractivity contribution >= 4 is 0 Å². The molecule has 0 aliphatic heterocycles. The van der Waals surface area contributed by atoms with Crippen molar-refractivity contribution in [1.29, 1.82) is 0 Å². The number of aryl methyl sites for hydroxylation is 1. The molecule has 0 aliphatic carbocycles. The van der Waals surface area contributed by atoms with Crippen molar-refractivity contribution in [3.63, 3.8) is 0 Å². The fourth-order valence-corrected chi connectivity index (χ4v) is 4.26. The van der Waals surface area contributed by atoms with Gasteiger partial charge in [0.25, 0.3) is 0 Å². The monoisotopic (exact) mass is 542 g/mol. The molecule has 0 saturated heterocycles. The van der Waals surface area contributed by atoms with E-state index in [0.717, 1.165) is 29.5 Å². The highest BCUT2D eigenvalue weighted by Crippen LogP contribution is 2.26. The van der Waals surface area contributed by atoms with Crippen molar-refractivity contribution in [1.82, 2.24) is 9.97 Å². The van der Waals surface area contributed by atoms with Gasteiger partial charge in [0, 0.05) is 30.1 Å². The lowest BCUT2D eigenvalue weighted by molar-refractivity contribution is -0.227. The molecule has 7 heteroatoms. The van der Waals surface area contributed by atoms with Gasteiger partial charge in [0.15, 0.2) is 11.9 Å². The summed E-state index contributed by atoms with van der Waals surface area (Å²) in [5, 5.41) is 0. The second-order valence-corrected chi connectivity index (χ2v) is 9.95. The Kier molecular flexibility index (Phi) is 12.7. The van der Waals surface area contributed by atoms with Crippen molar-refractivity contribution in [2.24, 2.45) is 0 Å². The lowest BCUT2D eigenvalue weighted by atomic mass is 10.0. The predicted molar refractivity (Wildman–Crippen MR) is 151 cm³/mol. The smallest absolute Gasteiger partial charge is 0.417 e. The Morgan fingerprint density at radius 1 is 0.692 bits per heavy atom. The lowest BCUT2D eigenvalue weighted by Crippen LogP contribution is -2.37. The highest BCUT2D eigenvalue weighted by molar-refractivity contribution is 5.64. The number of halogens is 3. The van der Waals surface area contributed by atoms with E-state index in [9.17, 15) is 13.2 Å². The molecule has 0 saturated carbocycles. The molecule has 0 radical (unpaired) electrons. The number of ether oxygens (including phenoxy) is 2. The molecule has 1 unspecified atom stereocenters. The fraction of sp³-hybridized carbons (Fsp3) is 0.500. The van der Waals surface area contributed by atoms with Gasteiger partial charge in [-0.05, 0) is 42.5 Å². The van der Waals surface area contributed by atoms with Gasteiger partial charge in [-0.1, -0.05) is 95.2 Å². The van der Waals surface area contributed by atoms with Gasteiger partial charge in [0.2, 0.25) is 0 Å². The molecule has 0 amide bonds. The van der Waals surface area contributed by atoms with E-state index in [4.69, 9.17) is 9.47 Å². The molecule has 0 bridgehead atoms. The van der Waals surface area contributed by atoms with E-state index in [1.807, 2.05) is 6.92 Å². The van der Waals surface area contributed by atoms with Gasteiger partial charge in [0.1, 0.15) is 12.4 Å². The van der Waals surface area contributed by atoms with Gasteiger partial charge in [-0.15, -0.1) is 0 Å². The van der Waals surface area contributed by atoms with Crippen LogP contribution in [0.15, 0.2) is 60.9 Å². The molecule has 0 fully saturated rings. The third-order valence-electron chi connectivity index (χ3n) is 6.70. The predicted octanol–water partition coefficient (Wildman–Crippen LogP) is 9.23. The summed E-state index contributed by atoms with van der Waals surface area (Å²) in [7, 11) is 0. The molecular weight excluding hydrogens is 501 g/mol. The number of rotatable bonds is 17. The lowest BCUT2D eigenvalue weighted by Gasteiger charge is -2.21. The Bertz CT molecular complexity index is 1070. The van der Waals surface area contributed by atoms with Gasteiger partial charge < -0.3 is 9.47 Å². The zero-order chi connectivity index (χ0) is 27.9. The summed E-state index contributed by atoms with van der Waals surface area (Å²) in [6.07, 6.45) is 8.68. The maximum absolute atomic E-state index is 13.2. The van der Waals surface area contributed by atoms with Crippen LogP contribution in [0, 0.1) is 0 Å². The molecule has 2 aromatic carbocycles. The number of hydrogen-bond acceptors (Lipinski definition) is 4. The van der Waals surface area contributed by atoms with Crippen LogP contribution in [0.25, 0.3) is 22.5 Å². The van der Waals surface area contributed by atoms with Crippen molar-refractivity contribution in [2.45, 2.75) is 90.3 Å². The topological polar surface area (TPSA) is 44.2 Å². The summed E-state index contributed by atoms with van der Waals surface area (Å²) in [6, 6.07) is 15.3. The van der Waals surface area contributed by atoms with E-state index >= 15 is 0 Å². The zero-order valence-electron chi connectivity index (χ0n) is 23.2. The van der Waals surface area contributed by atoms with Crippen molar-refractivity contribution < 1.29 is 22.6 Å². The van der Waals surface area contributed by atoms with Crippen molar-refractivity contribution in [3.05, 3.63) is 66.5 Å². The first-order chi connectivity index (χ1) is 18.9. The van der Waals surface area contributed by atoms with Crippen LogP contribution in [0.3, 0.4) is 0 Å². The Morgan fingerprint density at radius 2 is 1.28 bits per heavy atom. The van der Waals surface area contributed by atoms with Gasteiger partial charge in [-0.2, -0.15) is 13.2 Å². The molecule has 1 atom stereocenters. The molecule has 39 heavy (non-hydrogen) atoms. The first-order valence-electron chi connectivity index (χ1n) is 14.2. The van der Waals surface area contributed by atoms with Crippen LogP contribution >= 0.6 is 0 Å². The van der Waals surface area contributed by atoms with E-state index in [2.05, 4.69) is 41.2 Å². The second kappa shape index (κ2) is 16.2. The van der Waals surface area contributed by atoms with E-state index < -0.39 is 18.9 Å². The normalized spacial score (nSPS) is 12.4. The average Bonchev–Trinajstić information content (AvgIpc) is 2.94. The average molecular weight is 543 g/mol. The van der Waals surface area contributed by atoms with Gasteiger partial charge in [-0.3, -0.25) is 0 Å². The van der Waals surface area contributed by atoms with Crippen LogP contribution in [-0.2, 0) is 11.2 Å². The fourth-order valence-electron chi connectivity index (χ4n) is 4.26. The molecule has 0 aliphatic rings. The molecule has 0 spiro atoms. The third-order valence-corrected chi connectivity index (χ3v) is 6.70. The number of hydrogen-bond donors (Lipinski definition) is 0. The minimum absolute atomic E-state index is 0.0579. The standard InChI is InChI=1S/C32H41F3N2O2/c1-3-5-7-8-9-10-11-12-25-13-15-27(16-14-25)31-36-22-28(23-37-31)26-17-19-29(20-18-26)39-24-30(32(33,34)35)38-21-6-4-2/h13-20,22-23,30H,3-12,21,24H2,1-2H3. The number of benzene rings is 2. The van der Waals surface area contributed by atoms with E-state index in [1.165, 1.54) is 50.5 Å². The molecule has 0 N–H and O–H groups in total. The molecule has 3 aromatic rings. The summed E-state index contributed by atoms with van der Waals surface area (Å²) < 4.78 is 50.0. The van der Waals surface area contributed by atoms with E-state index in [1.54, 1.807) is 36.7 Å². The van der Waals surface area contributed by atoms with Crippen molar-refractivity contribution in [2.75, 3.05) is 13.2 Å². The molecular formula is C32H41F3N2O2. The van der Waals surface area contributed by atoms with E-state index in [-0.39, 0.29) is 6.61 Å². The molecule has 3 rings (SSSR count). The Balaban J connectivity index is 1.49. The first-order valence-corrected chi connectivity index (χ1v) is 14.2. The summed E-state index contributed by atoms with van der Waals surface area (Å²) >= 11 is 0. The molecule has 1 aromatic heterocycles. The van der Waals surface area contributed by atoms with E-state index in [0.29, 0.717) is 18.0 Å². The maximum atomic E-state index is 13.2. The summed E-state index contributed by atoms with van der Waals surface area (Å²) in [4.78, 5) is 9.05. The molecule has 1 heterocycles. The zero-order valence-corrected chi connectivity index (χ0v) is 23.2. The van der Waals surface area contributed by atoms with Crippen LogP contribution in [0.4, 0.5) is 13.2 Å². The maximum Gasteiger partial charge on any atom is 0.417 e. The number of unbranched alkanes of at least 4 members (excludes halogenated alkanes) is 7. The van der Waals surface area contributed by atoms with Gasteiger partial charge in [0.05, 0.1) is 0 Å². The molecule has 212 valence electrons. The van der Waals surface area contributed by atoms with Crippen LogP contribution in [0.5, 0.6) is 5.75 Å². The molecule has 4 nitrogen and oxygen atoms in total. The largest absolute Gasteiger partial charge is 0.491 e. The Labute approximate surface area is 231 Å². The Hall–Kier alpha value is -2.93. The van der Waals surface area contributed by atoms with Gasteiger partial charge in [-0.25, -0.2) is 9.97 Å². The first kappa shape index (κ1) is 30.6. The quantitative estimate of drug-likeness (QED) is 0.160. The van der Waals surface area contributed by atoms with Crippen LogP contribution in [-0.4, -0.2) is 35.5 Å². The van der Waals surface area contributed by atoms with Crippen LogP contribution < -0.4 is 4.74 Å². The van der Waals surface area contributed by atoms with Crippen LogP contribution in [0.2, 0.25) is 0 Å². The van der Waals surface area contributed by atoms with Crippen molar-refractivity contribution in [3.8, 4) is 28.3 Å². The number of nitrogens with zero attached hydrogens (tertiary/aromatic N) is 2. The third kappa shape index (κ3) is 10.6. The highest BCUT2D eigenvalue weighted by Gasteiger charge is 2.41. The van der Waals surface area contributed by atoms with Crippen LogP contribution in [0.1, 0.15) is 77.2 Å². The summed E-state index contributed by atoms with van der Waals surface area (Å²) in [5.74, 6) is 1.00. The summed E-state index contributed by atoms with van der Waals surface area (Å²) in [6.45, 7) is 3.62. The minimum atomic E-state index is -4.47. The second-order valence-electron chi connectivity index (χ2n) is 9.95. The van der Waals surface area contributed by atoms with Gasteiger partial charge >= 0.3 is 6.18 Å². The number of aromatic nitrogens is 2. The highest BCUT2D eigenvalue weighted by atomic mass is 19.4. The summed E-state index contributed by atoms with van der Waals surface area (Å²) in [5.41, 5.74) is 3.97. The number of alkyl halides is 3. The SMILES string of the molecule is CCCCCCCCCc1ccc(-c2ncc(-c3ccc(OCC(OCCCC)C(F)(F)F)cc3)cn2)cc1. The Morgan fingerprint density at radius 3 is 1.90 bits per heavy atom. The minimum Gasteiger partial charge on any atom is -0.491 e.